The maximum absolute atomic E-state index is 14.0. The number of piperidine rings is 3. The summed E-state index contributed by atoms with van der Waals surface area (Å²) in [5.41, 5.74) is 2.56. The minimum atomic E-state index is -0.778. The highest BCUT2D eigenvalue weighted by Gasteiger charge is 2.35. The number of benzene rings is 3. The molecule has 18 heteroatoms. The molecule has 0 radical (unpaired) electrons. The minimum absolute atomic E-state index is 0.0447. The maximum Gasteiger partial charge on any atom is 0.320 e. The number of rotatable bonds is 12. The number of anilines is 2. The molecule has 5 aromatic rings. The van der Waals surface area contributed by atoms with E-state index >= 15 is 0 Å². The number of amides is 5. The van der Waals surface area contributed by atoms with Gasteiger partial charge in [-0.1, -0.05) is 29.8 Å². The number of hydrogen-bond acceptors (Lipinski definition) is 12. The van der Waals surface area contributed by atoms with Crippen LogP contribution in [0, 0.1) is 5.92 Å². The van der Waals surface area contributed by atoms with Crippen molar-refractivity contribution in [2.75, 3.05) is 76.2 Å². The SMILES string of the molecule is CN(C(=O)c1ccc(N2CCN(CC3CCN(C(=O)N4CCCC(Nc5ncnc6[nH]cc(C(=O)c7ccc(Oc8ccccc8)cc7Cl)c56)C4)CC3)CC2)cc1C=O)C1CCC(=O)NC1=O. The van der Waals surface area contributed by atoms with Crippen molar-refractivity contribution < 1.29 is 33.5 Å². The molecule has 2 unspecified atom stereocenters. The summed E-state index contributed by atoms with van der Waals surface area (Å²) in [6.07, 6.45) is 7.64. The number of aldehydes is 1. The molecule has 5 amide bonds. The number of nitrogens with zero attached hydrogens (tertiary/aromatic N) is 7. The summed E-state index contributed by atoms with van der Waals surface area (Å²) in [6.45, 7) is 6.73. The number of aromatic amines is 1. The lowest BCUT2D eigenvalue weighted by atomic mass is 9.96. The van der Waals surface area contributed by atoms with Crippen molar-refractivity contribution in [1.82, 2.24) is 39.9 Å². The molecule has 2 atom stereocenters. The van der Waals surface area contributed by atoms with Gasteiger partial charge in [-0.3, -0.25) is 34.2 Å². The molecule has 17 nitrogen and oxygen atoms in total. The lowest BCUT2D eigenvalue weighted by Crippen LogP contribution is -2.53. The first kappa shape index (κ1) is 45.3. The zero-order chi connectivity index (χ0) is 46.6. The second kappa shape index (κ2) is 19.9. The van der Waals surface area contributed by atoms with Gasteiger partial charge < -0.3 is 34.6 Å². The van der Waals surface area contributed by atoms with Gasteiger partial charge >= 0.3 is 6.03 Å². The number of likely N-dealkylation sites (N-methyl/N-ethyl adjacent to an activating group) is 1. The number of ketones is 1. The quantitative estimate of drug-likeness (QED) is 0.0769. The van der Waals surface area contributed by atoms with E-state index in [2.05, 4.69) is 35.4 Å². The van der Waals surface area contributed by atoms with Crippen molar-refractivity contribution in [1.29, 1.82) is 0 Å². The summed E-state index contributed by atoms with van der Waals surface area (Å²) in [5, 5.41) is 6.65. The number of carbonyl (C=O) groups is 6. The highest BCUT2D eigenvalue weighted by molar-refractivity contribution is 6.35. The first-order valence-corrected chi connectivity index (χ1v) is 23.3. The molecule has 3 N–H and O–H groups in total. The Balaban J connectivity index is 0.749. The molecule has 9 rings (SSSR count). The number of fused-ring (bicyclic) bond motifs is 1. The fourth-order valence-corrected chi connectivity index (χ4v) is 9.97. The van der Waals surface area contributed by atoms with Gasteiger partial charge in [-0.15, -0.1) is 0 Å². The van der Waals surface area contributed by atoms with Crippen molar-refractivity contribution in [3.8, 4) is 11.5 Å². The van der Waals surface area contributed by atoms with Gasteiger partial charge in [0.05, 0.1) is 21.5 Å². The van der Waals surface area contributed by atoms with Crippen molar-refractivity contribution in [2.24, 2.45) is 5.92 Å². The van der Waals surface area contributed by atoms with Crippen molar-refractivity contribution in [2.45, 2.75) is 50.6 Å². The van der Waals surface area contributed by atoms with Gasteiger partial charge in [-0.25, -0.2) is 14.8 Å². The lowest BCUT2D eigenvalue weighted by molar-refractivity contribution is -0.136. The number of ether oxygens (including phenoxy) is 1. The van der Waals surface area contributed by atoms with Crippen LogP contribution in [-0.4, -0.2) is 148 Å². The number of carbonyl (C=O) groups excluding carboxylic acids is 6. The first-order chi connectivity index (χ1) is 32.5. The summed E-state index contributed by atoms with van der Waals surface area (Å²) in [5.74, 6) is 0.560. The van der Waals surface area contributed by atoms with Gasteiger partial charge in [-0.2, -0.15) is 0 Å². The van der Waals surface area contributed by atoms with E-state index in [0.29, 0.717) is 77.9 Å². The third-order valence-corrected chi connectivity index (χ3v) is 13.8. The number of halogens is 1. The zero-order valence-electron chi connectivity index (χ0n) is 37.3. The Morgan fingerprint density at radius 3 is 2.39 bits per heavy atom. The normalized spacial score (nSPS) is 19.5. The number of aromatic nitrogens is 3. The van der Waals surface area contributed by atoms with Crippen LogP contribution in [0.4, 0.5) is 16.3 Å². The summed E-state index contributed by atoms with van der Waals surface area (Å²) < 4.78 is 5.91. The van der Waals surface area contributed by atoms with E-state index in [9.17, 15) is 28.8 Å². The number of H-pyrrole nitrogens is 1. The van der Waals surface area contributed by atoms with E-state index < -0.39 is 17.9 Å². The van der Waals surface area contributed by atoms with Crippen molar-refractivity contribution in [3.05, 3.63) is 107 Å². The molecule has 4 fully saturated rings. The number of imide groups is 1. The monoisotopic (exact) mass is 928 g/mol. The Labute approximate surface area is 392 Å². The number of piperazine rings is 1. The predicted octanol–water partition coefficient (Wildman–Crippen LogP) is 5.85. The van der Waals surface area contributed by atoms with E-state index in [0.717, 1.165) is 64.1 Å². The summed E-state index contributed by atoms with van der Waals surface area (Å²) in [6, 6.07) is 18.7. The fraction of sp³-hybridized carbons (Fsp3) is 0.388. The average Bonchev–Trinajstić information content (AvgIpc) is 3.79. The van der Waals surface area contributed by atoms with Crippen LogP contribution in [0.2, 0.25) is 5.02 Å². The Bertz CT molecular complexity index is 2680. The Morgan fingerprint density at radius 2 is 1.64 bits per heavy atom. The predicted molar refractivity (Wildman–Crippen MR) is 252 cm³/mol. The Kier molecular flexibility index (Phi) is 13.5. The minimum Gasteiger partial charge on any atom is -0.457 e. The van der Waals surface area contributed by atoms with Gasteiger partial charge in [0.15, 0.2) is 12.1 Å². The van der Waals surface area contributed by atoms with Crippen molar-refractivity contribution in [3.63, 3.8) is 0 Å². The molecule has 0 spiro atoms. The molecule has 2 aromatic heterocycles. The topological polar surface area (TPSA) is 193 Å². The van der Waals surface area contributed by atoms with Crippen LogP contribution in [-0.2, 0) is 9.59 Å². The standard InChI is InChI=1S/C49H53ClN10O7/c1-56(41-13-14-42(62)55-47(41)64)48(65)37-11-9-34(24-32(37)29-61)58-22-20-57(21-23-58)27-31-15-18-59(19-16-31)49(66)60-17-5-6-33(28-60)54-46-43-39(26-51-45(43)52-30-53-46)44(63)38-12-10-36(25-40(38)50)67-35-7-3-2-4-8-35/h2-4,7-12,24-26,29-31,33,41H,5-6,13-23,27-28H2,1H3,(H,55,62,64)(H2,51,52,53,54). The molecule has 0 aliphatic carbocycles. The first-order valence-electron chi connectivity index (χ1n) is 22.9. The lowest BCUT2D eigenvalue weighted by Gasteiger charge is -2.41. The highest BCUT2D eigenvalue weighted by Crippen LogP contribution is 2.33. The second-order valence-corrected chi connectivity index (χ2v) is 18.1. The van der Waals surface area contributed by atoms with Crippen LogP contribution in [0.15, 0.2) is 79.3 Å². The van der Waals surface area contributed by atoms with E-state index in [4.69, 9.17) is 16.3 Å². The van der Waals surface area contributed by atoms with Gasteiger partial charge in [0.2, 0.25) is 11.8 Å². The van der Waals surface area contributed by atoms with Gasteiger partial charge in [0.25, 0.3) is 5.91 Å². The maximum atomic E-state index is 14.0. The molecular formula is C49H53ClN10O7. The molecular weight excluding hydrogens is 876 g/mol. The molecule has 4 aliphatic heterocycles. The molecule has 6 heterocycles. The molecule has 67 heavy (non-hydrogen) atoms. The molecule has 0 saturated carbocycles. The van der Waals surface area contributed by atoms with Crippen LogP contribution in [0.1, 0.15) is 75.2 Å². The Hall–Kier alpha value is -6.85. The number of urea groups is 1. The average molecular weight is 929 g/mol. The van der Waals surface area contributed by atoms with E-state index in [1.807, 2.05) is 46.2 Å². The number of hydrogen-bond donors (Lipinski definition) is 3. The van der Waals surface area contributed by atoms with Crippen LogP contribution in [0.3, 0.4) is 0 Å². The second-order valence-electron chi connectivity index (χ2n) is 17.7. The van der Waals surface area contributed by atoms with Gasteiger partial charge in [-0.05, 0) is 80.5 Å². The largest absolute Gasteiger partial charge is 0.457 e. The summed E-state index contributed by atoms with van der Waals surface area (Å²) in [7, 11) is 1.52. The van der Waals surface area contributed by atoms with Crippen LogP contribution in [0.25, 0.3) is 11.0 Å². The van der Waals surface area contributed by atoms with Crippen LogP contribution >= 0.6 is 11.6 Å². The zero-order valence-corrected chi connectivity index (χ0v) is 38.0. The van der Waals surface area contributed by atoms with Crippen LogP contribution < -0.4 is 20.3 Å². The van der Waals surface area contributed by atoms with Gasteiger partial charge in [0.1, 0.15) is 35.3 Å². The molecule has 4 aliphatic rings. The van der Waals surface area contributed by atoms with E-state index in [1.54, 1.807) is 36.5 Å². The van der Waals surface area contributed by atoms with E-state index in [1.165, 1.54) is 18.3 Å². The number of likely N-dealkylation sites (tertiary alicyclic amines) is 2. The fourth-order valence-electron chi connectivity index (χ4n) is 9.71. The smallest absolute Gasteiger partial charge is 0.320 e. The molecule has 4 saturated heterocycles. The third kappa shape index (κ3) is 9.98. The number of para-hydroxylation sites is 1. The van der Waals surface area contributed by atoms with Crippen LogP contribution in [0.5, 0.6) is 11.5 Å². The Morgan fingerprint density at radius 1 is 0.866 bits per heavy atom. The van der Waals surface area contributed by atoms with Gasteiger partial charge in [0, 0.05) is 107 Å². The third-order valence-electron chi connectivity index (χ3n) is 13.4. The molecule has 348 valence electrons. The molecule has 0 bridgehead atoms. The van der Waals surface area contributed by atoms with E-state index in [-0.39, 0.29) is 52.8 Å². The summed E-state index contributed by atoms with van der Waals surface area (Å²) >= 11 is 6.65. The molecule has 3 aromatic carbocycles. The summed E-state index contributed by atoms with van der Waals surface area (Å²) in [4.78, 5) is 99.3. The van der Waals surface area contributed by atoms with Crippen molar-refractivity contribution >= 4 is 70.0 Å². The number of nitrogens with one attached hydrogen (secondary N) is 3. The highest BCUT2D eigenvalue weighted by atomic mass is 35.5.